The van der Waals surface area contributed by atoms with Crippen LogP contribution in [0.4, 0.5) is 5.69 Å². The van der Waals surface area contributed by atoms with Crippen LogP contribution in [0.1, 0.15) is 38.2 Å². The van der Waals surface area contributed by atoms with E-state index >= 15 is 0 Å². The molecule has 2 heteroatoms. The van der Waals surface area contributed by atoms with Crippen molar-refractivity contribution in [2.24, 2.45) is 5.92 Å². The van der Waals surface area contributed by atoms with E-state index in [1.165, 1.54) is 55.1 Å². The lowest BCUT2D eigenvalue weighted by molar-refractivity contribution is 0.272. The van der Waals surface area contributed by atoms with Crippen LogP contribution in [-0.2, 0) is 6.54 Å². The van der Waals surface area contributed by atoms with Gasteiger partial charge >= 0.3 is 0 Å². The summed E-state index contributed by atoms with van der Waals surface area (Å²) in [7, 11) is 0. The van der Waals surface area contributed by atoms with Crippen molar-refractivity contribution < 1.29 is 0 Å². The molecule has 0 amide bonds. The van der Waals surface area contributed by atoms with Gasteiger partial charge in [-0.05, 0) is 66.7 Å². The standard InChI is InChI=1S/C19H26N2/c1-2-15-6-5-10-21(11-9-15)14-18-12-16-7-3-4-8-17(16)13-19(18)20/h3-4,7-8,12-13,15H,2,5-6,9-11,14,20H2,1H3. The summed E-state index contributed by atoms with van der Waals surface area (Å²) in [6.45, 7) is 5.74. The minimum Gasteiger partial charge on any atom is -0.398 e. The molecule has 2 aromatic carbocycles. The van der Waals surface area contributed by atoms with Gasteiger partial charge in [0.05, 0.1) is 0 Å². The third-order valence-corrected chi connectivity index (χ3v) is 4.92. The molecule has 1 aliphatic rings. The molecule has 1 saturated heterocycles. The van der Waals surface area contributed by atoms with Crippen molar-refractivity contribution in [1.29, 1.82) is 0 Å². The van der Waals surface area contributed by atoms with Gasteiger partial charge < -0.3 is 5.73 Å². The van der Waals surface area contributed by atoms with Gasteiger partial charge in [-0.3, -0.25) is 4.90 Å². The van der Waals surface area contributed by atoms with Crippen LogP contribution in [0.25, 0.3) is 10.8 Å². The van der Waals surface area contributed by atoms with Gasteiger partial charge in [-0.1, -0.05) is 37.6 Å². The van der Waals surface area contributed by atoms with E-state index in [4.69, 9.17) is 5.73 Å². The van der Waals surface area contributed by atoms with Crippen molar-refractivity contribution in [2.75, 3.05) is 18.8 Å². The maximum atomic E-state index is 6.27. The molecule has 2 aromatic rings. The average molecular weight is 282 g/mol. The normalized spacial score (nSPS) is 20.5. The zero-order valence-electron chi connectivity index (χ0n) is 13.0. The molecule has 1 heterocycles. The van der Waals surface area contributed by atoms with Crippen molar-refractivity contribution in [3.8, 4) is 0 Å². The Bertz CT molecular complexity index is 606. The largest absolute Gasteiger partial charge is 0.398 e. The minimum atomic E-state index is 0.920. The number of nitrogens with two attached hydrogens (primary N) is 1. The van der Waals surface area contributed by atoms with Crippen molar-refractivity contribution in [1.82, 2.24) is 4.90 Å². The van der Waals surface area contributed by atoms with Gasteiger partial charge in [-0.25, -0.2) is 0 Å². The Labute approximate surface area is 127 Å². The van der Waals surface area contributed by atoms with Gasteiger partial charge in [0.25, 0.3) is 0 Å². The lowest BCUT2D eigenvalue weighted by Crippen LogP contribution is -2.24. The lowest BCUT2D eigenvalue weighted by atomic mass is 9.98. The third-order valence-electron chi connectivity index (χ3n) is 4.92. The monoisotopic (exact) mass is 282 g/mol. The van der Waals surface area contributed by atoms with Gasteiger partial charge in [-0.15, -0.1) is 0 Å². The molecule has 1 fully saturated rings. The molecule has 0 aromatic heterocycles. The van der Waals surface area contributed by atoms with Crippen LogP contribution < -0.4 is 5.73 Å². The Morgan fingerprint density at radius 1 is 1.10 bits per heavy atom. The molecule has 112 valence electrons. The van der Waals surface area contributed by atoms with E-state index in [-0.39, 0.29) is 0 Å². The first kappa shape index (κ1) is 14.4. The van der Waals surface area contributed by atoms with Crippen molar-refractivity contribution >= 4 is 16.5 Å². The van der Waals surface area contributed by atoms with Gasteiger partial charge in [0.2, 0.25) is 0 Å². The maximum absolute atomic E-state index is 6.27. The summed E-state index contributed by atoms with van der Waals surface area (Å²) in [5, 5.41) is 2.53. The second-order valence-corrected chi connectivity index (χ2v) is 6.38. The van der Waals surface area contributed by atoms with Crippen molar-refractivity contribution in [2.45, 2.75) is 39.2 Å². The number of hydrogen-bond acceptors (Lipinski definition) is 2. The smallest absolute Gasteiger partial charge is 0.0366 e. The van der Waals surface area contributed by atoms with E-state index < -0.39 is 0 Å². The van der Waals surface area contributed by atoms with Crippen LogP contribution in [0.3, 0.4) is 0 Å². The topological polar surface area (TPSA) is 29.3 Å². The number of benzene rings is 2. The van der Waals surface area contributed by atoms with Crippen LogP contribution in [0.5, 0.6) is 0 Å². The number of nitrogen functional groups attached to an aromatic ring is 1. The quantitative estimate of drug-likeness (QED) is 0.844. The van der Waals surface area contributed by atoms with Gasteiger partial charge in [-0.2, -0.15) is 0 Å². The Morgan fingerprint density at radius 3 is 2.62 bits per heavy atom. The second-order valence-electron chi connectivity index (χ2n) is 6.38. The highest BCUT2D eigenvalue weighted by Gasteiger charge is 2.16. The number of likely N-dealkylation sites (tertiary alicyclic amines) is 1. The molecule has 1 aliphatic heterocycles. The summed E-state index contributed by atoms with van der Waals surface area (Å²) < 4.78 is 0. The molecule has 0 bridgehead atoms. The number of anilines is 1. The highest BCUT2D eigenvalue weighted by atomic mass is 15.1. The first-order valence-corrected chi connectivity index (χ1v) is 8.25. The zero-order chi connectivity index (χ0) is 14.7. The number of rotatable bonds is 3. The van der Waals surface area contributed by atoms with Crippen molar-refractivity contribution in [3.05, 3.63) is 42.0 Å². The molecular weight excluding hydrogens is 256 g/mol. The highest BCUT2D eigenvalue weighted by Crippen LogP contribution is 2.25. The molecule has 0 radical (unpaired) electrons. The fourth-order valence-corrected chi connectivity index (χ4v) is 3.47. The first-order chi connectivity index (χ1) is 10.3. The lowest BCUT2D eigenvalue weighted by Gasteiger charge is -2.21. The van der Waals surface area contributed by atoms with Gasteiger partial charge in [0.15, 0.2) is 0 Å². The number of hydrogen-bond donors (Lipinski definition) is 1. The Morgan fingerprint density at radius 2 is 1.86 bits per heavy atom. The van der Waals surface area contributed by atoms with Gasteiger partial charge in [0, 0.05) is 12.2 Å². The van der Waals surface area contributed by atoms with Gasteiger partial charge in [0.1, 0.15) is 0 Å². The SMILES string of the molecule is CCC1CCCN(Cc2cc3ccccc3cc2N)CC1. The predicted molar refractivity (Wildman–Crippen MR) is 91.3 cm³/mol. The predicted octanol–water partition coefficient (Wildman–Crippen LogP) is 4.43. The molecule has 2 N–H and O–H groups in total. The summed E-state index contributed by atoms with van der Waals surface area (Å²) in [6, 6.07) is 12.9. The average Bonchev–Trinajstić information content (AvgIpc) is 2.73. The summed E-state index contributed by atoms with van der Waals surface area (Å²) in [5.74, 6) is 0.920. The zero-order valence-corrected chi connectivity index (χ0v) is 13.0. The fraction of sp³-hybridized carbons (Fsp3) is 0.474. The van der Waals surface area contributed by atoms with Crippen LogP contribution >= 0.6 is 0 Å². The summed E-state index contributed by atoms with van der Waals surface area (Å²) >= 11 is 0. The molecule has 21 heavy (non-hydrogen) atoms. The molecule has 2 nitrogen and oxygen atoms in total. The highest BCUT2D eigenvalue weighted by molar-refractivity contribution is 5.86. The molecule has 0 spiro atoms. The van der Waals surface area contributed by atoms with E-state index in [0.29, 0.717) is 0 Å². The minimum absolute atomic E-state index is 0.920. The Kier molecular flexibility index (Phi) is 4.45. The molecular formula is C19H26N2. The summed E-state index contributed by atoms with van der Waals surface area (Å²) in [4.78, 5) is 2.58. The molecule has 0 saturated carbocycles. The number of nitrogens with zero attached hydrogens (tertiary/aromatic N) is 1. The van der Waals surface area contributed by atoms with E-state index in [1.54, 1.807) is 0 Å². The van der Waals surface area contributed by atoms with Crippen molar-refractivity contribution in [3.63, 3.8) is 0 Å². The fourth-order valence-electron chi connectivity index (χ4n) is 3.47. The van der Waals surface area contributed by atoms with E-state index in [1.807, 2.05) is 0 Å². The Balaban J connectivity index is 1.76. The second kappa shape index (κ2) is 6.48. The molecule has 3 rings (SSSR count). The first-order valence-electron chi connectivity index (χ1n) is 8.25. The van der Waals surface area contributed by atoms with Crippen LogP contribution in [0.15, 0.2) is 36.4 Å². The maximum Gasteiger partial charge on any atom is 0.0366 e. The molecule has 1 atom stereocenters. The number of fused-ring (bicyclic) bond motifs is 1. The Hall–Kier alpha value is -1.54. The van der Waals surface area contributed by atoms with E-state index in [9.17, 15) is 0 Å². The van der Waals surface area contributed by atoms with Crippen LogP contribution in [-0.4, -0.2) is 18.0 Å². The summed E-state index contributed by atoms with van der Waals surface area (Å²) in [5.41, 5.74) is 8.49. The van der Waals surface area contributed by atoms with E-state index in [0.717, 1.165) is 18.2 Å². The summed E-state index contributed by atoms with van der Waals surface area (Å²) in [6.07, 6.45) is 5.38. The molecule has 0 aliphatic carbocycles. The third kappa shape index (κ3) is 3.38. The van der Waals surface area contributed by atoms with Crippen LogP contribution in [0, 0.1) is 5.92 Å². The van der Waals surface area contributed by atoms with Crippen LogP contribution in [0.2, 0.25) is 0 Å². The molecule has 1 unspecified atom stereocenters. The van der Waals surface area contributed by atoms with E-state index in [2.05, 4.69) is 48.2 Å².